The van der Waals surface area contributed by atoms with E-state index < -0.39 is 0 Å². The molecule has 1 N–H and O–H groups in total. The predicted octanol–water partition coefficient (Wildman–Crippen LogP) is 4.24. The Morgan fingerprint density at radius 3 is 2.43 bits per heavy atom. The van der Waals surface area contributed by atoms with Crippen LogP contribution >= 0.6 is 0 Å². The van der Waals surface area contributed by atoms with Crippen LogP contribution in [-0.4, -0.2) is 91.2 Å². The van der Waals surface area contributed by atoms with Crippen molar-refractivity contribution in [1.29, 1.82) is 0 Å². The Kier molecular flexibility index (Phi) is 6.99. The Labute approximate surface area is 225 Å². The summed E-state index contributed by atoms with van der Waals surface area (Å²) in [4.78, 5) is 15.0. The molecule has 0 aromatic carbocycles. The number of fused-ring (bicyclic) bond motifs is 5. The molecule has 10 atom stereocenters. The largest absolute Gasteiger partial charge is 0.456 e. The van der Waals surface area contributed by atoms with Crippen molar-refractivity contribution in [3.8, 4) is 0 Å². The standard InChI is InChI=1S/C31H53N2O4/c1-21(34)37-29-27(33(4)14-6-5-7-15-33)19-25-23-9-8-22-18-28(35)26(32-12-16-36-17-13-32)20-31(22,3)24(23)10-11-30(25,29)2/h22-29,35H,5-20H2,1-4H3/q+1/t22?,23?,24?,25?,26?,27?,28-,29?,30?,31?/m0/s1. The molecule has 0 spiro atoms. The van der Waals surface area contributed by atoms with E-state index in [-0.39, 0.29) is 29.6 Å². The van der Waals surface area contributed by atoms with E-state index in [9.17, 15) is 9.90 Å². The van der Waals surface area contributed by atoms with E-state index in [4.69, 9.17) is 9.47 Å². The molecule has 6 heteroatoms. The number of aliphatic hydroxyl groups is 1. The lowest BCUT2D eigenvalue weighted by molar-refractivity contribution is -0.940. The van der Waals surface area contributed by atoms with E-state index in [0.29, 0.717) is 23.3 Å². The van der Waals surface area contributed by atoms with Crippen LogP contribution in [-0.2, 0) is 14.3 Å². The zero-order valence-corrected chi connectivity index (χ0v) is 24.0. The Hall–Kier alpha value is -0.690. The molecule has 6 rings (SSSR count). The molecule has 0 radical (unpaired) electrons. The van der Waals surface area contributed by atoms with Gasteiger partial charge in [-0.05, 0) is 86.9 Å². The lowest BCUT2D eigenvalue weighted by atomic mass is 9.44. The Bertz CT molecular complexity index is 854. The number of rotatable bonds is 3. The number of morpholine rings is 1. The fraction of sp³-hybridized carbons (Fsp3) is 0.968. The topological polar surface area (TPSA) is 59.0 Å². The number of nitrogens with zero attached hydrogens (tertiary/aromatic N) is 2. The molecule has 210 valence electrons. The van der Waals surface area contributed by atoms with Crippen LogP contribution in [0, 0.1) is 34.5 Å². The summed E-state index contributed by atoms with van der Waals surface area (Å²) in [5.41, 5.74) is 0.391. The highest BCUT2D eigenvalue weighted by Gasteiger charge is 2.67. The smallest absolute Gasteiger partial charge is 0.303 e. The number of aliphatic hydroxyl groups excluding tert-OH is 1. The van der Waals surface area contributed by atoms with Gasteiger partial charge in [-0.3, -0.25) is 9.69 Å². The van der Waals surface area contributed by atoms with E-state index in [0.717, 1.165) is 55.5 Å². The summed E-state index contributed by atoms with van der Waals surface area (Å²) < 4.78 is 13.1. The summed E-state index contributed by atoms with van der Waals surface area (Å²) in [6.45, 7) is 12.7. The second kappa shape index (κ2) is 9.74. The van der Waals surface area contributed by atoms with Crippen LogP contribution in [0.1, 0.15) is 85.0 Å². The van der Waals surface area contributed by atoms with E-state index in [2.05, 4.69) is 25.8 Å². The maximum Gasteiger partial charge on any atom is 0.303 e. The minimum atomic E-state index is -0.200. The van der Waals surface area contributed by atoms with Crippen LogP contribution in [0.3, 0.4) is 0 Å². The number of carbonyl (C=O) groups is 1. The van der Waals surface area contributed by atoms with Gasteiger partial charge in [-0.15, -0.1) is 0 Å². The second-order valence-electron chi connectivity index (χ2n) is 14.7. The molecule has 6 aliphatic rings. The number of quaternary nitrogens is 1. The summed E-state index contributed by atoms with van der Waals surface area (Å²) in [5, 5.41) is 11.3. The zero-order chi connectivity index (χ0) is 26.0. The molecule has 6 fully saturated rings. The summed E-state index contributed by atoms with van der Waals surface area (Å²) >= 11 is 0. The molecule has 0 amide bonds. The Morgan fingerprint density at radius 2 is 1.73 bits per heavy atom. The molecular formula is C31H53N2O4+. The van der Waals surface area contributed by atoms with Gasteiger partial charge in [-0.1, -0.05) is 13.8 Å². The van der Waals surface area contributed by atoms with Crippen LogP contribution in [0.15, 0.2) is 0 Å². The second-order valence-corrected chi connectivity index (χ2v) is 14.7. The highest BCUT2D eigenvalue weighted by molar-refractivity contribution is 5.66. The number of esters is 1. The third-order valence-corrected chi connectivity index (χ3v) is 13.1. The number of carbonyl (C=O) groups excluding carboxylic acids is 1. The molecule has 2 aliphatic heterocycles. The monoisotopic (exact) mass is 517 g/mol. The molecule has 6 nitrogen and oxygen atoms in total. The highest BCUT2D eigenvalue weighted by atomic mass is 16.5. The maximum atomic E-state index is 12.4. The van der Waals surface area contributed by atoms with Gasteiger partial charge in [0.25, 0.3) is 0 Å². The van der Waals surface area contributed by atoms with Crippen LogP contribution in [0.4, 0.5) is 0 Å². The fourth-order valence-electron chi connectivity index (χ4n) is 11.1. The first-order valence-corrected chi connectivity index (χ1v) is 15.7. The van der Waals surface area contributed by atoms with Crippen LogP contribution < -0.4 is 0 Å². The molecule has 2 heterocycles. The molecule has 4 aliphatic carbocycles. The van der Waals surface area contributed by atoms with Crippen molar-refractivity contribution in [2.24, 2.45) is 34.5 Å². The van der Waals surface area contributed by atoms with E-state index in [1.807, 2.05) is 0 Å². The predicted molar refractivity (Wildman–Crippen MR) is 144 cm³/mol. The molecule has 37 heavy (non-hydrogen) atoms. The third-order valence-electron chi connectivity index (χ3n) is 13.1. The van der Waals surface area contributed by atoms with Crippen molar-refractivity contribution < 1.29 is 23.9 Å². The SMILES string of the molecule is CC(=O)OC1C([N+]2(C)CCCCC2)CC2C3CCC4C[C@H](O)C(N5CCOCC5)CC4(C)C3CCC21C. The first-order chi connectivity index (χ1) is 17.7. The number of piperidine rings is 1. The molecule has 0 aromatic rings. The van der Waals surface area contributed by atoms with Gasteiger partial charge in [-0.2, -0.15) is 0 Å². The van der Waals surface area contributed by atoms with Crippen molar-refractivity contribution in [3.05, 3.63) is 0 Å². The van der Waals surface area contributed by atoms with Gasteiger partial charge < -0.3 is 19.1 Å². The molecule has 0 bridgehead atoms. The number of hydrogen-bond acceptors (Lipinski definition) is 5. The minimum absolute atomic E-state index is 0.0545. The lowest BCUT2D eigenvalue weighted by Crippen LogP contribution is -2.61. The van der Waals surface area contributed by atoms with Gasteiger partial charge >= 0.3 is 5.97 Å². The average molecular weight is 518 g/mol. The number of likely N-dealkylation sites (tertiary alicyclic amines) is 1. The Balaban J connectivity index is 1.28. The van der Waals surface area contributed by atoms with E-state index >= 15 is 0 Å². The molecule has 9 unspecified atom stereocenters. The van der Waals surface area contributed by atoms with Gasteiger partial charge in [0.1, 0.15) is 6.04 Å². The third kappa shape index (κ3) is 4.31. The highest BCUT2D eigenvalue weighted by Crippen LogP contribution is 2.67. The van der Waals surface area contributed by atoms with Gasteiger partial charge in [-0.25, -0.2) is 0 Å². The zero-order valence-electron chi connectivity index (χ0n) is 24.0. The summed E-state index contributed by atoms with van der Waals surface area (Å²) in [7, 11) is 2.46. The molecular weight excluding hydrogens is 464 g/mol. The first kappa shape index (κ1) is 26.5. The average Bonchev–Trinajstić information content (AvgIpc) is 3.17. The summed E-state index contributed by atoms with van der Waals surface area (Å²) in [5.74, 6) is 2.64. The van der Waals surface area contributed by atoms with Gasteiger partial charge in [0.05, 0.1) is 39.5 Å². The van der Waals surface area contributed by atoms with Crippen LogP contribution in [0.2, 0.25) is 0 Å². The van der Waals surface area contributed by atoms with Crippen molar-refractivity contribution in [3.63, 3.8) is 0 Å². The summed E-state index contributed by atoms with van der Waals surface area (Å²) in [6, 6.07) is 0.720. The molecule has 2 saturated heterocycles. The lowest BCUT2D eigenvalue weighted by Gasteiger charge is -2.62. The first-order valence-electron chi connectivity index (χ1n) is 15.7. The van der Waals surface area contributed by atoms with Crippen LogP contribution in [0.5, 0.6) is 0 Å². The van der Waals surface area contributed by atoms with Crippen molar-refractivity contribution in [1.82, 2.24) is 4.90 Å². The summed E-state index contributed by atoms with van der Waals surface area (Å²) in [6.07, 6.45) is 12.1. The van der Waals surface area contributed by atoms with Crippen LogP contribution in [0.25, 0.3) is 0 Å². The normalized spacial score (nSPS) is 50.0. The van der Waals surface area contributed by atoms with Crippen molar-refractivity contribution in [2.75, 3.05) is 46.4 Å². The fourth-order valence-corrected chi connectivity index (χ4v) is 11.1. The van der Waals surface area contributed by atoms with Gasteiger partial charge in [0.2, 0.25) is 0 Å². The minimum Gasteiger partial charge on any atom is -0.456 e. The quantitative estimate of drug-likeness (QED) is 0.448. The maximum absolute atomic E-state index is 12.4. The van der Waals surface area contributed by atoms with Crippen molar-refractivity contribution in [2.45, 2.75) is 109 Å². The van der Waals surface area contributed by atoms with Gasteiger partial charge in [0, 0.05) is 37.9 Å². The number of hydrogen-bond donors (Lipinski definition) is 1. The van der Waals surface area contributed by atoms with Crippen molar-refractivity contribution >= 4 is 5.97 Å². The van der Waals surface area contributed by atoms with Gasteiger partial charge in [0.15, 0.2) is 6.10 Å². The Morgan fingerprint density at radius 1 is 1.00 bits per heavy atom. The molecule has 0 aromatic heterocycles. The van der Waals surface area contributed by atoms with E-state index in [1.165, 1.54) is 64.5 Å². The number of likely N-dealkylation sites (N-methyl/N-ethyl adjacent to an activating group) is 1. The molecule has 4 saturated carbocycles. The van der Waals surface area contributed by atoms with E-state index in [1.54, 1.807) is 6.92 Å². The number of ether oxygens (including phenoxy) is 2.